The molecule has 0 aliphatic carbocycles. The van der Waals surface area contributed by atoms with Crippen LogP contribution in [0.15, 0.2) is 18.2 Å². The van der Waals surface area contributed by atoms with Crippen molar-refractivity contribution in [1.82, 2.24) is 0 Å². The smallest absolute Gasteiger partial charge is 0.336 e. The lowest BCUT2D eigenvalue weighted by molar-refractivity contribution is 0.0162. The van der Waals surface area contributed by atoms with Gasteiger partial charge in [0.15, 0.2) is 0 Å². The Morgan fingerprint density at radius 3 is 2.59 bits per heavy atom. The Labute approximate surface area is 105 Å². The average molecular weight is 256 g/mol. The molecule has 3 N–H and O–H groups in total. The summed E-state index contributed by atoms with van der Waals surface area (Å²) in [4.78, 5) is 11.1. The first-order valence-electron chi connectivity index (χ1n) is 5.28. The van der Waals surface area contributed by atoms with Crippen molar-refractivity contribution in [3.05, 3.63) is 34.9 Å². The topological polar surface area (TPSA) is 77.8 Å². The fourth-order valence-corrected chi connectivity index (χ4v) is 1.99. The van der Waals surface area contributed by atoms with Crippen LogP contribution in [0.3, 0.4) is 0 Å². The largest absolute Gasteiger partial charge is 0.478 e. The van der Waals surface area contributed by atoms with Gasteiger partial charge in [-0.25, -0.2) is 4.79 Å². The van der Waals surface area contributed by atoms with Crippen LogP contribution >= 0.6 is 12.6 Å². The van der Waals surface area contributed by atoms with Crippen molar-refractivity contribution < 1.29 is 20.1 Å². The van der Waals surface area contributed by atoms with Crippen molar-refractivity contribution in [3.8, 4) is 0 Å². The molecule has 94 valence electrons. The van der Waals surface area contributed by atoms with Gasteiger partial charge in [-0.2, -0.15) is 12.6 Å². The Hall–Kier alpha value is -1.04. The van der Waals surface area contributed by atoms with Gasteiger partial charge in [-0.3, -0.25) is 0 Å². The molecule has 0 radical (unpaired) electrons. The molecule has 0 bridgehead atoms. The molecule has 1 rings (SSSR count). The highest BCUT2D eigenvalue weighted by Gasteiger charge is 2.24. The molecular weight excluding hydrogens is 240 g/mol. The van der Waals surface area contributed by atoms with Gasteiger partial charge in [-0.1, -0.05) is 18.2 Å². The summed E-state index contributed by atoms with van der Waals surface area (Å²) in [6.45, 7) is 1.66. The molecule has 1 aromatic rings. The van der Waals surface area contributed by atoms with E-state index in [-0.39, 0.29) is 11.1 Å². The molecule has 0 fully saturated rings. The number of rotatable bonds is 5. The lowest BCUT2D eigenvalue weighted by Gasteiger charge is -2.20. The highest BCUT2D eigenvalue weighted by molar-refractivity contribution is 7.80. The quantitative estimate of drug-likeness (QED) is 0.601. The molecule has 0 aliphatic heterocycles. The second-order valence-electron chi connectivity index (χ2n) is 3.87. The maximum absolute atomic E-state index is 11.1. The lowest BCUT2D eigenvalue weighted by atomic mass is 9.94. The van der Waals surface area contributed by atoms with Crippen LogP contribution in [0.1, 0.15) is 34.0 Å². The number of hydrogen-bond acceptors (Lipinski definition) is 4. The van der Waals surface area contributed by atoms with Crippen molar-refractivity contribution in [2.24, 2.45) is 0 Å². The van der Waals surface area contributed by atoms with Crippen LogP contribution in [0.4, 0.5) is 0 Å². The third-order valence-electron chi connectivity index (χ3n) is 2.63. The zero-order valence-electron chi connectivity index (χ0n) is 9.50. The van der Waals surface area contributed by atoms with Gasteiger partial charge in [0.05, 0.1) is 11.7 Å². The summed E-state index contributed by atoms with van der Waals surface area (Å²) in [7, 11) is 0. The zero-order valence-corrected chi connectivity index (χ0v) is 10.4. The molecule has 0 aliphatic rings. The normalized spacial score (nSPS) is 14.4. The number of hydrogen-bond donors (Lipinski definition) is 4. The SMILES string of the molecule is Cc1cccc(C(O)C(O)CCS)c1C(=O)O. The monoisotopic (exact) mass is 256 g/mol. The maximum Gasteiger partial charge on any atom is 0.336 e. The van der Waals surface area contributed by atoms with E-state index in [1.54, 1.807) is 19.1 Å². The third kappa shape index (κ3) is 3.21. The fourth-order valence-electron chi connectivity index (χ4n) is 1.73. The summed E-state index contributed by atoms with van der Waals surface area (Å²) >= 11 is 3.97. The number of aliphatic hydroxyl groups excluding tert-OH is 2. The third-order valence-corrected chi connectivity index (χ3v) is 2.89. The predicted octanol–water partition coefficient (Wildman–Crippen LogP) is 1.41. The Bertz CT molecular complexity index is 405. The highest BCUT2D eigenvalue weighted by Crippen LogP contribution is 2.25. The minimum Gasteiger partial charge on any atom is -0.478 e. The summed E-state index contributed by atoms with van der Waals surface area (Å²) in [6.07, 6.45) is -1.90. The van der Waals surface area contributed by atoms with E-state index in [4.69, 9.17) is 5.11 Å². The molecule has 0 spiro atoms. The molecule has 5 heteroatoms. The summed E-state index contributed by atoms with van der Waals surface area (Å²) in [6, 6.07) is 4.83. The van der Waals surface area contributed by atoms with Gasteiger partial charge >= 0.3 is 5.97 Å². The van der Waals surface area contributed by atoms with Crippen LogP contribution in [0.25, 0.3) is 0 Å². The van der Waals surface area contributed by atoms with Gasteiger partial charge in [0.2, 0.25) is 0 Å². The maximum atomic E-state index is 11.1. The van der Waals surface area contributed by atoms with Crippen molar-refractivity contribution >= 4 is 18.6 Å². The number of aliphatic hydroxyl groups is 2. The minimum atomic E-state index is -1.20. The second-order valence-corrected chi connectivity index (χ2v) is 4.32. The van der Waals surface area contributed by atoms with E-state index in [1.165, 1.54) is 6.07 Å². The van der Waals surface area contributed by atoms with Crippen molar-refractivity contribution in [2.45, 2.75) is 25.6 Å². The molecule has 0 saturated heterocycles. The van der Waals surface area contributed by atoms with Gasteiger partial charge in [-0.15, -0.1) is 0 Å². The Morgan fingerprint density at radius 2 is 2.06 bits per heavy atom. The standard InChI is InChI=1S/C12H16O4S/c1-7-3-2-4-8(10(7)12(15)16)11(14)9(13)5-6-17/h2-4,9,11,13-14,17H,5-6H2,1H3,(H,15,16). The van der Waals surface area contributed by atoms with Gasteiger partial charge in [0.1, 0.15) is 6.10 Å². The number of aryl methyl sites for hydroxylation is 1. The number of benzene rings is 1. The van der Waals surface area contributed by atoms with E-state index in [0.717, 1.165) is 0 Å². The number of aromatic carboxylic acids is 1. The predicted molar refractivity (Wildman–Crippen MR) is 67.6 cm³/mol. The first kappa shape index (κ1) is 14.0. The van der Waals surface area contributed by atoms with E-state index in [2.05, 4.69) is 12.6 Å². The highest BCUT2D eigenvalue weighted by atomic mass is 32.1. The van der Waals surface area contributed by atoms with Crippen molar-refractivity contribution in [3.63, 3.8) is 0 Å². The Kier molecular flexibility index (Phi) is 4.99. The number of carboxylic acids is 1. The summed E-state index contributed by atoms with van der Waals surface area (Å²) < 4.78 is 0. The zero-order chi connectivity index (χ0) is 13.0. The van der Waals surface area contributed by atoms with Gasteiger partial charge in [0, 0.05) is 0 Å². The first-order valence-corrected chi connectivity index (χ1v) is 5.92. The van der Waals surface area contributed by atoms with Crippen LogP contribution < -0.4 is 0 Å². The van der Waals surface area contributed by atoms with Crippen molar-refractivity contribution in [1.29, 1.82) is 0 Å². The molecule has 2 atom stereocenters. The van der Waals surface area contributed by atoms with Crippen LogP contribution in [0, 0.1) is 6.92 Å². The van der Waals surface area contributed by atoms with Crippen LogP contribution in [0.2, 0.25) is 0 Å². The Balaban J connectivity index is 3.13. The average Bonchev–Trinajstić information content (AvgIpc) is 2.27. The summed E-state index contributed by atoms with van der Waals surface area (Å²) in [5, 5.41) is 28.7. The van der Waals surface area contributed by atoms with E-state index in [0.29, 0.717) is 17.7 Å². The van der Waals surface area contributed by atoms with Crippen LogP contribution in [-0.4, -0.2) is 33.1 Å². The molecule has 0 heterocycles. The van der Waals surface area contributed by atoms with Gasteiger partial charge in [0.25, 0.3) is 0 Å². The molecule has 0 aromatic heterocycles. The molecular formula is C12H16O4S. The first-order chi connectivity index (χ1) is 7.99. The van der Waals surface area contributed by atoms with E-state index in [1.807, 2.05) is 0 Å². The van der Waals surface area contributed by atoms with E-state index < -0.39 is 18.2 Å². The van der Waals surface area contributed by atoms with Crippen LogP contribution in [-0.2, 0) is 0 Å². The molecule has 4 nitrogen and oxygen atoms in total. The molecule has 0 amide bonds. The van der Waals surface area contributed by atoms with Crippen LogP contribution in [0.5, 0.6) is 0 Å². The van der Waals surface area contributed by atoms with Gasteiger partial charge < -0.3 is 15.3 Å². The number of carbonyl (C=O) groups is 1. The lowest BCUT2D eigenvalue weighted by Crippen LogP contribution is -2.21. The molecule has 2 unspecified atom stereocenters. The summed E-state index contributed by atoms with van der Waals surface area (Å²) in [5.74, 6) is -0.679. The fraction of sp³-hybridized carbons (Fsp3) is 0.417. The Morgan fingerprint density at radius 1 is 1.41 bits per heavy atom. The van der Waals surface area contributed by atoms with E-state index in [9.17, 15) is 15.0 Å². The molecule has 17 heavy (non-hydrogen) atoms. The van der Waals surface area contributed by atoms with E-state index >= 15 is 0 Å². The molecule has 1 aromatic carbocycles. The van der Waals surface area contributed by atoms with Gasteiger partial charge in [-0.05, 0) is 30.2 Å². The minimum absolute atomic E-state index is 0.0539. The molecule has 0 saturated carbocycles. The number of thiol groups is 1. The summed E-state index contributed by atoms with van der Waals surface area (Å²) in [5.41, 5.74) is 0.858. The number of carboxylic acid groups (broad SMARTS) is 1. The van der Waals surface area contributed by atoms with Crippen molar-refractivity contribution in [2.75, 3.05) is 5.75 Å². The second kappa shape index (κ2) is 6.05.